The molecule has 0 saturated carbocycles. The Labute approximate surface area is 100 Å². The summed E-state index contributed by atoms with van der Waals surface area (Å²) in [6.07, 6.45) is 0.640. The molecule has 0 aliphatic carbocycles. The van der Waals surface area contributed by atoms with Gasteiger partial charge in [-0.3, -0.25) is 9.59 Å². The Bertz CT molecular complexity index is 453. The number of nitrogens with zero attached hydrogens (tertiary/aromatic N) is 2. The minimum absolute atomic E-state index is 0.0647. The maximum Gasteiger partial charge on any atom is 0.252 e. The predicted molar refractivity (Wildman–Crippen MR) is 66.0 cm³/mol. The van der Waals surface area contributed by atoms with Crippen molar-refractivity contribution in [2.24, 2.45) is 0 Å². The highest BCUT2D eigenvalue weighted by Gasteiger charge is 2.15. The van der Waals surface area contributed by atoms with Gasteiger partial charge in [0.2, 0.25) is 5.91 Å². The molecule has 0 bridgehead atoms. The zero-order chi connectivity index (χ0) is 13.0. The number of hydrogen-bond donors (Lipinski definition) is 2. The molecular formula is C11H18N4O2. The van der Waals surface area contributed by atoms with Gasteiger partial charge in [-0.05, 0) is 6.92 Å². The third kappa shape index (κ3) is 3.58. The minimum atomic E-state index is -0.413. The molecule has 1 heterocycles. The van der Waals surface area contributed by atoms with Crippen molar-refractivity contribution in [2.75, 3.05) is 19.4 Å². The molecular weight excluding hydrogens is 220 g/mol. The summed E-state index contributed by atoms with van der Waals surface area (Å²) in [4.78, 5) is 31.3. The normalized spacial score (nSPS) is 12.0. The van der Waals surface area contributed by atoms with Crippen LogP contribution in [0.25, 0.3) is 0 Å². The second-order valence-electron chi connectivity index (χ2n) is 4.03. The van der Waals surface area contributed by atoms with Crippen molar-refractivity contribution in [1.82, 2.24) is 14.9 Å². The van der Waals surface area contributed by atoms with Crippen LogP contribution >= 0.6 is 0 Å². The zero-order valence-corrected chi connectivity index (χ0v) is 10.6. The van der Waals surface area contributed by atoms with Crippen molar-refractivity contribution in [1.29, 1.82) is 0 Å². The molecule has 0 aromatic carbocycles. The van der Waals surface area contributed by atoms with E-state index in [9.17, 15) is 9.59 Å². The number of aryl methyl sites for hydroxylation is 1. The van der Waals surface area contributed by atoms with E-state index in [-0.39, 0.29) is 11.5 Å². The van der Waals surface area contributed by atoms with Gasteiger partial charge >= 0.3 is 0 Å². The lowest BCUT2D eigenvalue weighted by Crippen LogP contribution is -2.37. The number of rotatable bonds is 4. The quantitative estimate of drug-likeness (QED) is 0.786. The molecule has 2 N–H and O–H groups in total. The van der Waals surface area contributed by atoms with Gasteiger partial charge in [0.25, 0.3) is 5.56 Å². The van der Waals surface area contributed by atoms with E-state index < -0.39 is 6.04 Å². The van der Waals surface area contributed by atoms with Crippen LogP contribution in [0.2, 0.25) is 0 Å². The van der Waals surface area contributed by atoms with Gasteiger partial charge in [0.1, 0.15) is 17.7 Å². The van der Waals surface area contributed by atoms with Crippen molar-refractivity contribution in [3.8, 4) is 0 Å². The van der Waals surface area contributed by atoms with Crippen LogP contribution in [-0.4, -0.2) is 40.9 Å². The number of nitrogens with one attached hydrogen (secondary N) is 2. The monoisotopic (exact) mass is 238 g/mol. The number of H-pyrrole nitrogens is 1. The molecule has 0 aliphatic heterocycles. The van der Waals surface area contributed by atoms with Crippen LogP contribution in [0, 0.1) is 0 Å². The highest BCUT2D eigenvalue weighted by atomic mass is 16.2. The van der Waals surface area contributed by atoms with Gasteiger partial charge in [0, 0.05) is 26.6 Å². The van der Waals surface area contributed by atoms with Crippen molar-refractivity contribution in [2.45, 2.75) is 26.3 Å². The Morgan fingerprint density at radius 3 is 2.76 bits per heavy atom. The van der Waals surface area contributed by atoms with Crippen LogP contribution in [0.15, 0.2) is 10.9 Å². The Morgan fingerprint density at radius 2 is 2.24 bits per heavy atom. The van der Waals surface area contributed by atoms with E-state index in [1.54, 1.807) is 21.0 Å². The molecule has 0 radical (unpaired) electrons. The number of amides is 1. The van der Waals surface area contributed by atoms with E-state index in [1.807, 2.05) is 6.92 Å². The fraction of sp³-hybridized carbons (Fsp3) is 0.545. The number of carbonyl (C=O) groups excluding carboxylic acids is 1. The van der Waals surface area contributed by atoms with E-state index in [4.69, 9.17) is 0 Å². The minimum Gasteiger partial charge on any atom is -0.358 e. The molecule has 1 aromatic heterocycles. The van der Waals surface area contributed by atoms with Crippen LogP contribution in [0.3, 0.4) is 0 Å². The molecule has 0 spiro atoms. The highest BCUT2D eigenvalue weighted by Crippen LogP contribution is 2.03. The highest BCUT2D eigenvalue weighted by molar-refractivity contribution is 5.83. The molecule has 0 aliphatic rings. The third-order valence-electron chi connectivity index (χ3n) is 2.30. The lowest BCUT2D eigenvalue weighted by atomic mass is 10.3. The van der Waals surface area contributed by atoms with Crippen LogP contribution in [-0.2, 0) is 11.2 Å². The summed E-state index contributed by atoms with van der Waals surface area (Å²) < 4.78 is 0. The summed E-state index contributed by atoms with van der Waals surface area (Å²) in [7, 11) is 3.37. The molecule has 1 atom stereocenters. The fourth-order valence-corrected chi connectivity index (χ4v) is 1.42. The molecule has 6 heteroatoms. The first-order valence-electron chi connectivity index (χ1n) is 5.52. The molecule has 0 saturated heterocycles. The SMILES string of the molecule is CCc1nc(NC(C)C(=O)N(C)C)cc(=O)[nH]1. The molecule has 0 fully saturated rings. The summed E-state index contributed by atoms with van der Waals surface area (Å²) in [5.41, 5.74) is -0.219. The molecule has 94 valence electrons. The first-order valence-corrected chi connectivity index (χ1v) is 5.52. The number of hydrogen-bond acceptors (Lipinski definition) is 4. The van der Waals surface area contributed by atoms with E-state index in [2.05, 4.69) is 15.3 Å². The summed E-state index contributed by atoms with van der Waals surface area (Å²) in [6, 6.07) is 0.933. The van der Waals surface area contributed by atoms with E-state index >= 15 is 0 Å². The van der Waals surface area contributed by atoms with Gasteiger partial charge < -0.3 is 15.2 Å². The van der Waals surface area contributed by atoms with Gasteiger partial charge in [-0.25, -0.2) is 4.98 Å². The fourth-order valence-electron chi connectivity index (χ4n) is 1.42. The van der Waals surface area contributed by atoms with Crippen molar-refractivity contribution < 1.29 is 4.79 Å². The van der Waals surface area contributed by atoms with Crippen LogP contribution in [0.5, 0.6) is 0 Å². The van der Waals surface area contributed by atoms with E-state index in [1.165, 1.54) is 11.0 Å². The first kappa shape index (κ1) is 13.2. The topological polar surface area (TPSA) is 78.1 Å². The van der Waals surface area contributed by atoms with Crippen molar-refractivity contribution in [3.63, 3.8) is 0 Å². The largest absolute Gasteiger partial charge is 0.358 e. The summed E-state index contributed by atoms with van der Waals surface area (Å²) >= 11 is 0. The predicted octanol–water partition coefficient (Wildman–Crippen LogP) is 0.221. The third-order valence-corrected chi connectivity index (χ3v) is 2.30. The lowest BCUT2D eigenvalue weighted by Gasteiger charge is -2.18. The number of aromatic nitrogens is 2. The number of anilines is 1. The van der Waals surface area contributed by atoms with E-state index in [0.29, 0.717) is 18.1 Å². The Morgan fingerprint density at radius 1 is 1.59 bits per heavy atom. The van der Waals surface area contributed by atoms with Gasteiger partial charge in [0.05, 0.1) is 0 Å². The summed E-state index contributed by atoms with van der Waals surface area (Å²) in [5, 5.41) is 2.92. The number of aromatic amines is 1. The standard InChI is InChI=1S/C11H18N4O2/c1-5-8-13-9(6-10(16)14-8)12-7(2)11(17)15(3)4/h6-7H,5H2,1-4H3,(H2,12,13,14,16). The molecule has 1 aromatic rings. The number of carbonyl (C=O) groups is 1. The smallest absolute Gasteiger partial charge is 0.252 e. The van der Waals surface area contributed by atoms with Gasteiger partial charge in [-0.1, -0.05) is 6.92 Å². The Hall–Kier alpha value is -1.85. The van der Waals surface area contributed by atoms with Crippen molar-refractivity contribution in [3.05, 3.63) is 22.2 Å². The average molecular weight is 238 g/mol. The Kier molecular flexibility index (Phi) is 4.25. The molecule has 1 rings (SSSR count). The first-order chi connectivity index (χ1) is 7.93. The number of likely N-dealkylation sites (N-methyl/N-ethyl adjacent to an activating group) is 1. The van der Waals surface area contributed by atoms with Gasteiger partial charge in [-0.2, -0.15) is 0 Å². The lowest BCUT2D eigenvalue weighted by molar-refractivity contribution is -0.129. The van der Waals surface area contributed by atoms with E-state index in [0.717, 1.165) is 0 Å². The summed E-state index contributed by atoms with van der Waals surface area (Å²) in [6.45, 7) is 3.63. The second-order valence-corrected chi connectivity index (χ2v) is 4.03. The molecule has 17 heavy (non-hydrogen) atoms. The molecule has 1 amide bonds. The molecule has 6 nitrogen and oxygen atoms in total. The van der Waals surface area contributed by atoms with Gasteiger partial charge in [-0.15, -0.1) is 0 Å². The summed E-state index contributed by atoms with van der Waals surface area (Å²) in [5.74, 6) is 0.961. The van der Waals surface area contributed by atoms with Crippen molar-refractivity contribution >= 4 is 11.7 Å². The van der Waals surface area contributed by atoms with Crippen LogP contribution in [0.4, 0.5) is 5.82 Å². The maximum atomic E-state index is 11.6. The van der Waals surface area contributed by atoms with Crippen LogP contribution < -0.4 is 10.9 Å². The Balaban J connectivity index is 2.84. The van der Waals surface area contributed by atoms with Gasteiger partial charge in [0.15, 0.2) is 0 Å². The maximum absolute atomic E-state index is 11.6. The molecule has 1 unspecified atom stereocenters. The zero-order valence-electron chi connectivity index (χ0n) is 10.6. The second kappa shape index (κ2) is 5.47. The van der Waals surface area contributed by atoms with Crippen LogP contribution in [0.1, 0.15) is 19.7 Å². The average Bonchev–Trinajstić information content (AvgIpc) is 2.26.